The van der Waals surface area contributed by atoms with Crippen molar-refractivity contribution in [2.45, 2.75) is 6.54 Å². The van der Waals surface area contributed by atoms with Gasteiger partial charge >= 0.3 is 0 Å². The minimum absolute atomic E-state index is 0.142. The van der Waals surface area contributed by atoms with Crippen LogP contribution in [0.1, 0.15) is 0 Å². The van der Waals surface area contributed by atoms with Crippen LogP contribution in [0.5, 0.6) is 0 Å². The van der Waals surface area contributed by atoms with Gasteiger partial charge in [-0.05, 0) is 35.7 Å². The molecule has 0 atom stereocenters. The van der Waals surface area contributed by atoms with Crippen LogP contribution in [0.2, 0.25) is 0 Å². The Hall–Kier alpha value is -2.14. The Morgan fingerprint density at radius 1 is 1.19 bits per heavy atom. The number of fused-ring (bicyclic) bond motifs is 1. The maximum Gasteiger partial charge on any atom is 0.244 e. The van der Waals surface area contributed by atoms with E-state index in [0.29, 0.717) is 4.47 Å². The zero-order chi connectivity index (χ0) is 14.8. The van der Waals surface area contributed by atoms with Crippen LogP contribution >= 0.6 is 15.9 Å². The number of para-hydroxylation sites is 1. The Kier molecular flexibility index (Phi) is 3.75. The minimum atomic E-state index is -0.463. The number of halogens is 2. The molecule has 0 radical (unpaired) electrons. The molecule has 106 valence electrons. The lowest BCUT2D eigenvalue weighted by atomic mass is 10.2. The summed E-state index contributed by atoms with van der Waals surface area (Å²) in [5.74, 6) is -0.729. The third-order valence-corrected chi connectivity index (χ3v) is 3.69. The van der Waals surface area contributed by atoms with E-state index in [2.05, 4.69) is 21.2 Å². The van der Waals surface area contributed by atoms with Crippen molar-refractivity contribution >= 4 is 38.4 Å². The lowest BCUT2D eigenvalue weighted by molar-refractivity contribution is -0.116. The molecule has 0 bridgehead atoms. The minimum Gasteiger partial charge on any atom is -0.338 e. The van der Waals surface area contributed by atoms with E-state index in [0.717, 1.165) is 10.9 Å². The number of nitrogens with one attached hydrogen (secondary N) is 1. The Bertz CT molecular complexity index is 813. The largest absolute Gasteiger partial charge is 0.338 e. The van der Waals surface area contributed by atoms with Crippen molar-refractivity contribution < 1.29 is 9.18 Å². The van der Waals surface area contributed by atoms with Crippen LogP contribution in [-0.2, 0) is 11.3 Å². The van der Waals surface area contributed by atoms with Gasteiger partial charge in [0.2, 0.25) is 5.91 Å². The summed E-state index contributed by atoms with van der Waals surface area (Å²) < 4.78 is 16.2. The summed E-state index contributed by atoms with van der Waals surface area (Å²) in [4.78, 5) is 12.1. The van der Waals surface area contributed by atoms with Crippen LogP contribution in [-0.4, -0.2) is 10.5 Å². The van der Waals surface area contributed by atoms with Gasteiger partial charge in [-0.25, -0.2) is 4.39 Å². The number of carbonyl (C=O) groups excluding carboxylic acids is 1. The molecule has 0 aliphatic heterocycles. The molecule has 0 aliphatic rings. The van der Waals surface area contributed by atoms with Gasteiger partial charge in [0.15, 0.2) is 0 Å². The number of nitrogens with zero attached hydrogens (tertiary/aromatic N) is 1. The van der Waals surface area contributed by atoms with Crippen LogP contribution in [0.3, 0.4) is 0 Å². The molecule has 0 aliphatic carbocycles. The first-order valence-electron chi connectivity index (χ1n) is 6.42. The molecule has 21 heavy (non-hydrogen) atoms. The van der Waals surface area contributed by atoms with Crippen molar-refractivity contribution in [2.24, 2.45) is 0 Å². The Balaban J connectivity index is 1.77. The first-order valence-corrected chi connectivity index (χ1v) is 7.21. The number of anilines is 1. The van der Waals surface area contributed by atoms with Crippen molar-refractivity contribution in [2.75, 3.05) is 5.32 Å². The summed E-state index contributed by atoms with van der Waals surface area (Å²) in [6.07, 6.45) is 1.85. The van der Waals surface area contributed by atoms with Gasteiger partial charge in [-0.1, -0.05) is 34.1 Å². The average Bonchev–Trinajstić information content (AvgIpc) is 2.85. The van der Waals surface area contributed by atoms with Crippen LogP contribution in [0.15, 0.2) is 59.2 Å². The third-order valence-electron chi connectivity index (χ3n) is 3.20. The quantitative estimate of drug-likeness (QED) is 0.758. The zero-order valence-corrected chi connectivity index (χ0v) is 12.6. The first kappa shape index (κ1) is 13.8. The molecule has 0 fully saturated rings. The van der Waals surface area contributed by atoms with E-state index < -0.39 is 5.82 Å². The summed E-state index contributed by atoms with van der Waals surface area (Å²) in [5.41, 5.74) is 1.16. The second-order valence-corrected chi connectivity index (χ2v) is 5.59. The van der Waals surface area contributed by atoms with Gasteiger partial charge in [-0.15, -0.1) is 0 Å². The fraction of sp³-hybridized carbons (Fsp3) is 0.0625. The zero-order valence-electron chi connectivity index (χ0n) is 11.0. The number of hydrogen-bond acceptors (Lipinski definition) is 1. The second-order valence-electron chi connectivity index (χ2n) is 4.67. The second kappa shape index (κ2) is 5.69. The number of rotatable bonds is 3. The Morgan fingerprint density at radius 3 is 2.81 bits per heavy atom. The summed E-state index contributed by atoms with van der Waals surface area (Å²) in [5, 5.41) is 3.65. The molecular formula is C16H12BrFN2O. The summed E-state index contributed by atoms with van der Waals surface area (Å²) in [7, 11) is 0. The Labute approximate surface area is 129 Å². The topological polar surface area (TPSA) is 34.0 Å². The first-order chi connectivity index (χ1) is 10.1. The van der Waals surface area contributed by atoms with Crippen LogP contribution in [0, 0.1) is 5.82 Å². The smallest absolute Gasteiger partial charge is 0.244 e. The van der Waals surface area contributed by atoms with E-state index in [1.807, 2.05) is 41.1 Å². The molecular weight excluding hydrogens is 335 g/mol. The van der Waals surface area contributed by atoms with Crippen LogP contribution < -0.4 is 5.32 Å². The SMILES string of the molecule is O=C(Cn1ccc2ccccc21)Nc1ccc(Br)cc1F. The van der Waals surface area contributed by atoms with E-state index >= 15 is 0 Å². The molecule has 2 aromatic carbocycles. The number of amides is 1. The van der Waals surface area contributed by atoms with Crippen molar-refractivity contribution in [3.8, 4) is 0 Å². The average molecular weight is 347 g/mol. The fourth-order valence-electron chi connectivity index (χ4n) is 2.21. The van der Waals surface area contributed by atoms with Gasteiger partial charge < -0.3 is 9.88 Å². The molecule has 0 saturated heterocycles. The maximum atomic E-state index is 13.7. The van der Waals surface area contributed by atoms with E-state index in [1.165, 1.54) is 12.1 Å². The van der Waals surface area contributed by atoms with E-state index in [1.54, 1.807) is 6.07 Å². The molecule has 1 aromatic heterocycles. The molecule has 1 N–H and O–H groups in total. The van der Waals surface area contributed by atoms with Crippen molar-refractivity contribution in [1.29, 1.82) is 0 Å². The number of carbonyl (C=O) groups is 1. The van der Waals surface area contributed by atoms with Gasteiger partial charge in [0, 0.05) is 16.2 Å². The van der Waals surface area contributed by atoms with Gasteiger partial charge in [-0.2, -0.15) is 0 Å². The highest BCUT2D eigenvalue weighted by molar-refractivity contribution is 9.10. The molecule has 0 saturated carbocycles. The van der Waals surface area contributed by atoms with Gasteiger partial charge in [0.05, 0.1) is 5.69 Å². The lowest BCUT2D eigenvalue weighted by Gasteiger charge is -2.08. The lowest BCUT2D eigenvalue weighted by Crippen LogP contribution is -2.18. The van der Waals surface area contributed by atoms with Gasteiger partial charge in [-0.3, -0.25) is 4.79 Å². The van der Waals surface area contributed by atoms with Gasteiger partial charge in [0.1, 0.15) is 12.4 Å². The standard InChI is InChI=1S/C16H12BrFN2O/c17-12-5-6-14(13(18)9-12)19-16(21)10-20-8-7-11-3-1-2-4-15(11)20/h1-9H,10H2,(H,19,21). The number of aromatic nitrogens is 1. The van der Waals surface area contributed by atoms with Crippen LogP contribution in [0.4, 0.5) is 10.1 Å². The van der Waals surface area contributed by atoms with Gasteiger partial charge in [0.25, 0.3) is 0 Å². The molecule has 3 aromatic rings. The third kappa shape index (κ3) is 2.97. The predicted molar refractivity (Wildman–Crippen MR) is 84.7 cm³/mol. The summed E-state index contributed by atoms with van der Waals surface area (Å²) in [6, 6.07) is 14.3. The maximum absolute atomic E-state index is 13.7. The molecule has 1 heterocycles. The van der Waals surface area contributed by atoms with E-state index in [4.69, 9.17) is 0 Å². The normalized spacial score (nSPS) is 10.8. The molecule has 3 rings (SSSR count). The number of benzene rings is 2. The molecule has 3 nitrogen and oxygen atoms in total. The highest BCUT2D eigenvalue weighted by atomic mass is 79.9. The molecule has 0 spiro atoms. The fourth-order valence-corrected chi connectivity index (χ4v) is 2.55. The van der Waals surface area contributed by atoms with Crippen molar-refractivity contribution in [3.05, 3.63) is 65.0 Å². The predicted octanol–water partition coefficient (Wildman–Crippen LogP) is 4.18. The Morgan fingerprint density at radius 2 is 2.00 bits per heavy atom. The van der Waals surface area contributed by atoms with E-state index in [9.17, 15) is 9.18 Å². The molecule has 0 unspecified atom stereocenters. The van der Waals surface area contributed by atoms with Crippen molar-refractivity contribution in [3.63, 3.8) is 0 Å². The summed E-state index contributed by atoms with van der Waals surface area (Å²) >= 11 is 3.18. The summed E-state index contributed by atoms with van der Waals surface area (Å²) in [6.45, 7) is 0.142. The van der Waals surface area contributed by atoms with E-state index in [-0.39, 0.29) is 18.1 Å². The number of hydrogen-bond donors (Lipinski definition) is 1. The molecule has 5 heteroatoms. The van der Waals surface area contributed by atoms with Crippen LogP contribution in [0.25, 0.3) is 10.9 Å². The highest BCUT2D eigenvalue weighted by Crippen LogP contribution is 2.20. The van der Waals surface area contributed by atoms with Crippen molar-refractivity contribution in [1.82, 2.24) is 4.57 Å². The monoisotopic (exact) mass is 346 g/mol. The molecule has 1 amide bonds. The highest BCUT2D eigenvalue weighted by Gasteiger charge is 2.09.